The number of rotatable bonds is 6. The van der Waals surface area contributed by atoms with Gasteiger partial charge in [-0.2, -0.15) is 4.68 Å². The molecule has 0 saturated carbocycles. The molecule has 0 saturated heterocycles. The molecule has 0 radical (unpaired) electrons. The van der Waals surface area contributed by atoms with Gasteiger partial charge in [0.05, 0.1) is 19.8 Å². The Morgan fingerprint density at radius 1 is 1.03 bits per heavy atom. The van der Waals surface area contributed by atoms with Crippen LogP contribution in [-0.4, -0.2) is 40.4 Å². The summed E-state index contributed by atoms with van der Waals surface area (Å²) in [7, 11) is 3.24. The van der Waals surface area contributed by atoms with Crippen LogP contribution in [0, 0.1) is 0 Å². The van der Waals surface area contributed by atoms with E-state index in [-0.39, 0.29) is 6.61 Å². The zero-order chi connectivity index (χ0) is 23.7. The largest absolute Gasteiger partial charge is 0.497 e. The Hall–Kier alpha value is -4.40. The van der Waals surface area contributed by atoms with Gasteiger partial charge < -0.3 is 19.5 Å². The van der Waals surface area contributed by atoms with E-state index in [1.165, 1.54) is 0 Å². The minimum Gasteiger partial charge on any atom is -0.497 e. The van der Waals surface area contributed by atoms with Crippen molar-refractivity contribution in [1.29, 1.82) is 0 Å². The molecule has 0 bridgehead atoms. The van der Waals surface area contributed by atoms with Crippen LogP contribution in [0.15, 0.2) is 71.9 Å². The van der Waals surface area contributed by atoms with E-state index in [1.54, 1.807) is 18.9 Å². The van der Waals surface area contributed by atoms with Crippen LogP contribution >= 0.6 is 0 Å². The summed E-state index contributed by atoms with van der Waals surface area (Å²) in [5, 5.41) is 16.9. The van der Waals surface area contributed by atoms with Gasteiger partial charge >= 0.3 is 5.97 Å². The molecule has 1 unspecified atom stereocenters. The predicted octanol–water partition coefficient (Wildman–Crippen LogP) is 3.88. The summed E-state index contributed by atoms with van der Waals surface area (Å²) in [6.07, 6.45) is 0. The SMILES string of the molecule is COc1ccc2c(C3C(C(=O)OCc4ccccc4)=C(C)Nc4nnnn43)ccc(OC)c2c1. The zero-order valence-corrected chi connectivity index (χ0v) is 19.0. The number of methoxy groups -OCH3 is 2. The molecule has 172 valence electrons. The molecule has 0 fully saturated rings. The topological polar surface area (TPSA) is 100 Å². The number of tetrazole rings is 1. The average Bonchev–Trinajstić information content (AvgIpc) is 3.34. The van der Waals surface area contributed by atoms with Gasteiger partial charge in [0.15, 0.2) is 0 Å². The standard InChI is InChI=1S/C25H23N5O4/c1-15-22(24(31)34-14-16-7-5-4-6-8-16)23(30-25(26-15)27-28-29-30)19-11-12-21(33-3)20-13-17(32-2)9-10-18(19)20/h4-13,23H,14H2,1-3H3,(H,26,27,29). The van der Waals surface area contributed by atoms with Gasteiger partial charge in [0.1, 0.15) is 24.1 Å². The van der Waals surface area contributed by atoms with Crippen LogP contribution in [0.5, 0.6) is 11.5 Å². The molecular weight excluding hydrogens is 434 g/mol. The molecule has 1 N–H and O–H groups in total. The Bertz CT molecular complexity index is 1400. The average molecular weight is 457 g/mol. The predicted molar refractivity (Wildman–Crippen MR) is 126 cm³/mol. The molecule has 1 aliphatic heterocycles. The van der Waals surface area contributed by atoms with Gasteiger partial charge in [-0.1, -0.05) is 47.6 Å². The Labute approximate surface area is 195 Å². The lowest BCUT2D eigenvalue weighted by atomic mass is 9.91. The molecule has 5 rings (SSSR count). The van der Waals surface area contributed by atoms with Crippen molar-refractivity contribution >= 4 is 22.7 Å². The fraction of sp³-hybridized carbons (Fsp3) is 0.200. The van der Waals surface area contributed by atoms with Crippen LogP contribution < -0.4 is 14.8 Å². The minimum atomic E-state index is -0.601. The number of hydrogen-bond donors (Lipinski definition) is 1. The van der Waals surface area contributed by atoms with Gasteiger partial charge in [-0.15, -0.1) is 0 Å². The molecule has 1 aliphatic rings. The number of allylic oxidation sites excluding steroid dienone is 1. The fourth-order valence-electron chi connectivity index (χ4n) is 4.23. The molecule has 1 atom stereocenters. The molecular formula is C25H23N5O4. The number of ether oxygens (including phenoxy) is 3. The van der Waals surface area contributed by atoms with E-state index in [1.807, 2.05) is 67.6 Å². The maximum Gasteiger partial charge on any atom is 0.338 e. The molecule has 2 heterocycles. The lowest BCUT2D eigenvalue weighted by Crippen LogP contribution is -2.29. The van der Waals surface area contributed by atoms with Crippen molar-refractivity contribution in [2.45, 2.75) is 19.6 Å². The molecule has 3 aromatic carbocycles. The highest BCUT2D eigenvalue weighted by Gasteiger charge is 2.36. The van der Waals surface area contributed by atoms with Crippen molar-refractivity contribution in [1.82, 2.24) is 20.2 Å². The van der Waals surface area contributed by atoms with Crippen LogP contribution in [0.1, 0.15) is 24.1 Å². The van der Waals surface area contributed by atoms with Crippen molar-refractivity contribution in [2.75, 3.05) is 19.5 Å². The quantitative estimate of drug-likeness (QED) is 0.436. The van der Waals surface area contributed by atoms with Crippen molar-refractivity contribution in [3.63, 3.8) is 0 Å². The molecule has 1 aromatic heterocycles. The molecule has 0 aliphatic carbocycles. The van der Waals surface area contributed by atoms with E-state index in [9.17, 15) is 4.79 Å². The van der Waals surface area contributed by atoms with Crippen LogP contribution in [0.2, 0.25) is 0 Å². The first-order valence-electron chi connectivity index (χ1n) is 10.7. The highest BCUT2D eigenvalue weighted by atomic mass is 16.5. The monoisotopic (exact) mass is 457 g/mol. The molecule has 0 amide bonds. The van der Waals surface area contributed by atoms with Gasteiger partial charge in [0, 0.05) is 11.1 Å². The summed E-state index contributed by atoms with van der Waals surface area (Å²) in [6.45, 7) is 1.98. The van der Waals surface area contributed by atoms with E-state index >= 15 is 0 Å². The summed E-state index contributed by atoms with van der Waals surface area (Å²) in [6, 6.07) is 18.5. The number of carbonyl (C=O) groups is 1. The smallest absolute Gasteiger partial charge is 0.338 e. The van der Waals surface area contributed by atoms with Crippen molar-refractivity contribution in [3.05, 3.63) is 83.1 Å². The second-order valence-corrected chi connectivity index (χ2v) is 7.84. The highest BCUT2D eigenvalue weighted by molar-refractivity contribution is 5.97. The molecule has 4 aromatic rings. The second-order valence-electron chi connectivity index (χ2n) is 7.84. The maximum atomic E-state index is 13.4. The lowest BCUT2D eigenvalue weighted by Gasteiger charge is -2.28. The van der Waals surface area contributed by atoms with Crippen LogP contribution in [0.4, 0.5) is 5.95 Å². The van der Waals surface area contributed by atoms with Gasteiger partial charge in [-0.3, -0.25) is 0 Å². The van der Waals surface area contributed by atoms with Gasteiger partial charge in [0.2, 0.25) is 5.95 Å². The van der Waals surface area contributed by atoms with Crippen molar-refractivity contribution < 1.29 is 19.0 Å². The first-order chi connectivity index (χ1) is 16.6. The Kier molecular flexibility index (Phi) is 5.59. The second kappa shape index (κ2) is 8.86. The molecule has 9 heteroatoms. The van der Waals surface area contributed by atoms with E-state index in [0.717, 1.165) is 21.9 Å². The van der Waals surface area contributed by atoms with Gasteiger partial charge in [-0.05, 0) is 52.1 Å². The molecule has 9 nitrogen and oxygen atoms in total. The Morgan fingerprint density at radius 3 is 2.62 bits per heavy atom. The maximum absolute atomic E-state index is 13.4. The summed E-state index contributed by atoms with van der Waals surface area (Å²) < 4.78 is 18.3. The third-order valence-electron chi connectivity index (χ3n) is 5.88. The Balaban J connectivity index is 1.62. The van der Waals surface area contributed by atoms with Crippen LogP contribution in [0.3, 0.4) is 0 Å². The van der Waals surface area contributed by atoms with E-state index < -0.39 is 12.0 Å². The van der Waals surface area contributed by atoms with Crippen LogP contribution in [0.25, 0.3) is 10.8 Å². The number of hydrogen-bond acceptors (Lipinski definition) is 8. The van der Waals surface area contributed by atoms with Crippen molar-refractivity contribution in [2.24, 2.45) is 0 Å². The normalized spacial score (nSPS) is 15.0. The highest BCUT2D eigenvalue weighted by Crippen LogP contribution is 2.41. The van der Waals surface area contributed by atoms with Gasteiger partial charge in [0.25, 0.3) is 0 Å². The van der Waals surface area contributed by atoms with E-state index in [4.69, 9.17) is 14.2 Å². The number of nitrogens with zero attached hydrogens (tertiary/aromatic N) is 4. The first-order valence-corrected chi connectivity index (χ1v) is 10.7. The summed E-state index contributed by atoms with van der Waals surface area (Å²) in [4.78, 5) is 13.4. The summed E-state index contributed by atoms with van der Waals surface area (Å²) >= 11 is 0. The first kappa shape index (κ1) is 21.4. The minimum absolute atomic E-state index is 0.159. The summed E-state index contributed by atoms with van der Waals surface area (Å²) in [5.41, 5.74) is 2.79. The number of esters is 1. The number of anilines is 1. The number of carbonyl (C=O) groups excluding carboxylic acids is 1. The lowest BCUT2D eigenvalue weighted by molar-refractivity contribution is -0.140. The fourth-order valence-corrected chi connectivity index (χ4v) is 4.23. The van der Waals surface area contributed by atoms with Gasteiger partial charge in [-0.25, -0.2) is 4.79 Å². The number of aromatic nitrogens is 4. The third-order valence-corrected chi connectivity index (χ3v) is 5.88. The number of fused-ring (bicyclic) bond motifs is 2. The number of benzene rings is 3. The van der Waals surface area contributed by atoms with E-state index in [2.05, 4.69) is 20.8 Å². The Morgan fingerprint density at radius 2 is 1.85 bits per heavy atom. The third kappa shape index (κ3) is 3.71. The molecule has 0 spiro atoms. The number of nitrogens with one attached hydrogen (secondary N) is 1. The summed E-state index contributed by atoms with van der Waals surface area (Å²) in [5.74, 6) is 1.39. The van der Waals surface area contributed by atoms with Crippen molar-refractivity contribution in [3.8, 4) is 11.5 Å². The zero-order valence-electron chi connectivity index (χ0n) is 19.0. The molecule has 34 heavy (non-hydrogen) atoms. The van der Waals surface area contributed by atoms with E-state index in [0.29, 0.717) is 28.7 Å². The van der Waals surface area contributed by atoms with Crippen LogP contribution in [-0.2, 0) is 16.1 Å².